The number of rotatable bonds is 13. The molecule has 10 aromatic rings. The molecule has 105 heavy (non-hydrogen) atoms. The number of aromatic amines is 2. The van der Waals surface area contributed by atoms with Crippen molar-refractivity contribution >= 4 is 204 Å². The summed E-state index contributed by atoms with van der Waals surface area (Å²) >= 11 is 39.9. The molecule has 0 aromatic carbocycles. The third-order valence-corrected chi connectivity index (χ3v) is 15.1. The minimum absolute atomic E-state index is 0. The zero-order chi connectivity index (χ0) is 77.4. The van der Waals surface area contributed by atoms with Gasteiger partial charge in [0.05, 0.1) is 82.5 Å². The molecule has 0 unspecified atom stereocenters. The van der Waals surface area contributed by atoms with Crippen LogP contribution in [0.5, 0.6) is 0 Å². The first kappa shape index (κ1) is 96.3. The number of hydrogen-bond donors (Lipinski definition) is 7. The Balaban J connectivity index is 0.00000121. The van der Waals surface area contributed by atoms with E-state index in [9.17, 15) is 68.6 Å². The molecule has 0 bridgehead atoms. The van der Waals surface area contributed by atoms with Gasteiger partial charge in [-0.05, 0) is 145 Å². The molecule has 10 aromatic heterocycles. The number of aromatic nitrogens is 10. The Kier molecular flexibility index (Phi) is 43.9. The van der Waals surface area contributed by atoms with E-state index in [0.717, 1.165) is 25.7 Å². The van der Waals surface area contributed by atoms with Gasteiger partial charge >= 0.3 is 61.3 Å². The van der Waals surface area contributed by atoms with Crippen LogP contribution in [0.4, 0.5) is 50.9 Å². The SMILES string of the molecule is C1CCOC1.CC(=O)C(=O)O.COC(=O)c1cc2nc(Cl)ccc2[nH]1.COC(=O)c1cc2nc(Cl)ccc2n1CCCC(F)(F)F.FC(F)(F)CCCBr.Nc1ccc(Cl)nc1.Nc1ccc(Cl)nc1Br.O=C(O)c1cc2nc(Cl)ccc2[nH]1.OCc1cc2nc(Cl)ccc2n1CCCC(F)(F)F.[AlH3].[H-].[Li+]. The van der Waals surface area contributed by atoms with Crippen LogP contribution < -0.4 is 30.3 Å². The molecular formula is C63H67AlBr2Cl6F9LiN12O11. The number of aryl methyl sites for hydroxylation is 2. The van der Waals surface area contributed by atoms with E-state index in [1.54, 1.807) is 83.4 Å². The molecule has 1 aliphatic heterocycles. The number of pyridine rings is 6. The first-order valence-electron chi connectivity index (χ1n) is 29.4. The molecule has 568 valence electrons. The van der Waals surface area contributed by atoms with Crippen molar-refractivity contribution in [1.29, 1.82) is 0 Å². The van der Waals surface area contributed by atoms with E-state index in [0.29, 0.717) is 97.1 Å². The maximum atomic E-state index is 12.2. The second kappa shape index (κ2) is 47.9. The van der Waals surface area contributed by atoms with Gasteiger partial charge in [-0.3, -0.25) is 4.79 Å². The number of aromatic carboxylic acids is 1. The van der Waals surface area contributed by atoms with E-state index in [-0.39, 0.29) is 93.1 Å². The summed E-state index contributed by atoms with van der Waals surface area (Å²) in [5.74, 6) is -4.26. The average Bonchev–Trinajstić information content (AvgIpc) is 1.66. The van der Waals surface area contributed by atoms with Gasteiger partial charge < -0.3 is 61.5 Å². The number of carbonyl (C=O) groups is 5. The number of H-pyrrole nitrogens is 2. The first-order valence-corrected chi connectivity index (χ1v) is 33.6. The average molecular weight is 1750 g/mol. The molecule has 0 saturated carbocycles. The number of carboxylic acids is 2. The fraction of sp³-hybridized carbons (Fsp3) is 0.317. The van der Waals surface area contributed by atoms with Crippen molar-refractivity contribution in [2.24, 2.45) is 0 Å². The molecule has 0 radical (unpaired) electrons. The number of ether oxygens (including phenoxy) is 3. The van der Waals surface area contributed by atoms with E-state index in [1.807, 2.05) is 0 Å². The third-order valence-electron chi connectivity index (χ3n) is 12.6. The van der Waals surface area contributed by atoms with Gasteiger partial charge in [0.1, 0.15) is 52.6 Å². The van der Waals surface area contributed by atoms with Gasteiger partial charge in [-0.2, -0.15) is 39.5 Å². The summed E-state index contributed by atoms with van der Waals surface area (Å²) in [6, 6.07) is 25.9. The van der Waals surface area contributed by atoms with E-state index in [1.165, 1.54) is 56.0 Å². The van der Waals surface area contributed by atoms with Crippen molar-refractivity contribution in [2.75, 3.05) is 44.2 Å². The second-order valence-corrected chi connectivity index (χ2v) is 24.3. The number of carboxylic acid groups (broad SMARTS) is 2. The maximum absolute atomic E-state index is 12.2. The number of hydrogen-bond acceptors (Lipinski definition) is 17. The number of halogens is 17. The number of methoxy groups -OCH3 is 2. The van der Waals surface area contributed by atoms with Crippen molar-refractivity contribution in [3.05, 3.63) is 162 Å². The van der Waals surface area contributed by atoms with Gasteiger partial charge in [0, 0.05) is 63.5 Å². The van der Waals surface area contributed by atoms with E-state index in [2.05, 4.69) is 81.2 Å². The Morgan fingerprint density at radius 1 is 0.590 bits per heavy atom. The van der Waals surface area contributed by atoms with Gasteiger partial charge in [-0.15, -0.1) is 0 Å². The predicted octanol–water partition coefficient (Wildman–Crippen LogP) is 13.8. The Labute approximate surface area is 663 Å². The number of aliphatic hydroxyl groups is 1. The number of ketones is 1. The number of anilines is 2. The summed E-state index contributed by atoms with van der Waals surface area (Å²) < 4.78 is 125. The topological polar surface area (TPSA) is 345 Å². The molecule has 1 saturated heterocycles. The molecule has 11 heterocycles. The number of fused-ring (bicyclic) bond motifs is 4. The van der Waals surface area contributed by atoms with Gasteiger partial charge in [-0.25, -0.2) is 49.1 Å². The summed E-state index contributed by atoms with van der Waals surface area (Å²) in [6.45, 7) is 2.97. The van der Waals surface area contributed by atoms with Gasteiger partial charge in [0.2, 0.25) is 5.78 Å². The number of nitrogens with two attached hydrogens (primary N) is 2. The minimum atomic E-state index is -4.23. The summed E-state index contributed by atoms with van der Waals surface area (Å²) in [5.41, 5.74) is 18.0. The monoisotopic (exact) mass is 1740 g/mol. The fourth-order valence-corrected chi connectivity index (χ4v) is 9.54. The van der Waals surface area contributed by atoms with Crippen LogP contribution in [-0.2, 0) is 43.5 Å². The standard InChI is InChI=1S/C13H12ClF3N2O2.C12H12ClF3N2O.C9H7ClN2O2.C8H5ClN2O2.C5H4BrClN2.C5H5ClN2.C4H6BrF3.C4H8O.C3H4O3.Al.Li.4H/c1-21-12(20)10-7-8-9(3-4-11(14)18-8)19(10)6-2-5-13(15,16)17;13-11-3-2-10-9(17-11)6-8(7-19)18(10)5-1-4-12(14,15)16;1-14-9(13)7-4-6-5(11-7)2-3-8(10)12-6;9-7-2-1-4-5(11-7)3-6(10-4)8(12)13;6-5-3(8)1-2-4(7)9-5;6-5-2-1-4(7)3-8-5;5-3-1-2-4(6,7)8;1-2-4-5-3-1;1-2(4)3(5)6;;;;;;/h3-4,7H,2,5-6H2,1H3;2-3,6,19H,1,4-5,7H2;2-4,11H,1H3;1-3,10H,(H,12,13);1-2H,8H2;1-3H,7H2;1-3H2;1-4H2;1H3,(H,5,6);;;;;;/q;;;;;;;;;;+1;;;;-1. The summed E-state index contributed by atoms with van der Waals surface area (Å²) in [7, 11) is 2.54. The Morgan fingerprint density at radius 2 is 1.00 bits per heavy atom. The van der Waals surface area contributed by atoms with Gasteiger partial charge in [-0.1, -0.05) is 85.5 Å². The number of nitrogen functional groups attached to an aromatic ring is 2. The molecule has 0 aliphatic carbocycles. The van der Waals surface area contributed by atoms with Gasteiger partial charge in [0.15, 0.2) is 17.4 Å². The number of carbonyl (C=O) groups excluding carboxylic acids is 3. The van der Waals surface area contributed by atoms with Crippen molar-refractivity contribution < 1.29 is 113 Å². The zero-order valence-corrected chi connectivity index (χ0v) is 62.7. The molecule has 1 fully saturated rings. The molecule has 1 aliphatic rings. The van der Waals surface area contributed by atoms with Crippen LogP contribution in [0.1, 0.15) is 96.9 Å². The van der Waals surface area contributed by atoms with E-state index in [4.69, 9.17) is 96.0 Å². The Bertz CT molecular complexity index is 4360. The number of aliphatic carboxylic acids is 1. The number of nitrogens with one attached hydrogen (secondary N) is 2. The fourth-order valence-electron chi connectivity index (χ4n) is 7.96. The van der Waals surface area contributed by atoms with Crippen molar-refractivity contribution in [2.45, 2.75) is 96.5 Å². The Morgan fingerprint density at radius 3 is 1.38 bits per heavy atom. The van der Waals surface area contributed by atoms with Crippen LogP contribution in [0.2, 0.25) is 30.9 Å². The van der Waals surface area contributed by atoms with Crippen molar-refractivity contribution in [3.63, 3.8) is 0 Å². The number of esters is 2. The van der Waals surface area contributed by atoms with Crippen LogP contribution in [0.15, 0.2) is 108 Å². The number of Topliss-reactive ketones (excluding diaryl/α,β-unsaturated/α-hetero) is 1. The summed E-state index contributed by atoms with van der Waals surface area (Å²) in [5, 5.41) is 28.2. The number of aliphatic hydroxyl groups excluding tert-OH is 1. The first-order chi connectivity index (χ1) is 48.3. The van der Waals surface area contributed by atoms with Crippen LogP contribution in [-0.4, -0.2) is 163 Å². The van der Waals surface area contributed by atoms with Crippen LogP contribution >= 0.6 is 101 Å². The van der Waals surface area contributed by atoms with Gasteiger partial charge in [0.25, 0.3) is 0 Å². The quantitative estimate of drug-likeness (QED) is 0.0141. The van der Waals surface area contributed by atoms with Crippen molar-refractivity contribution in [3.8, 4) is 0 Å². The van der Waals surface area contributed by atoms with E-state index < -0.39 is 67.5 Å². The summed E-state index contributed by atoms with van der Waals surface area (Å²) in [4.78, 5) is 81.6. The Hall–Kier alpha value is -6.67. The second-order valence-electron chi connectivity index (χ2n) is 20.4. The van der Waals surface area contributed by atoms with Crippen molar-refractivity contribution in [1.82, 2.24) is 49.0 Å². The van der Waals surface area contributed by atoms with Crippen LogP contribution in [0.25, 0.3) is 44.1 Å². The van der Waals surface area contributed by atoms with Crippen LogP contribution in [0.3, 0.4) is 0 Å². The predicted molar refractivity (Wildman–Crippen MR) is 391 cm³/mol. The number of nitrogens with zero attached hydrogens (tertiary/aromatic N) is 8. The summed E-state index contributed by atoms with van der Waals surface area (Å²) in [6.07, 6.45) is -10.8. The molecular weight excluding hydrogens is 1680 g/mol. The molecule has 0 amide bonds. The molecule has 11 rings (SSSR count). The minimum Gasteiger partial charge on any atom is -1.00 e. The largest absolute Gasteiger partial charge is 1.00 e. The normalized spacial score (nSPS) is 11.3. The molecule has 42 heteroatoms. The molecule has 23 nitrogen and oxygen atoms in total. The zero-order valence-electron chi connectivity index (χ0n) is 56.0. The number of alkyl halides is 10. The molecule has 0 spiro atoms. The molecule has 0 atom stereocenters. The van der Waals surface area contributed by atoms with Crippen LogP contribution in [0, 0.1) is 0 Å². The third kappa shape index (κ3) is 37.1. The molecule has 9 N–H and O–H groups in total. The maximum Gasteiger partial charge on any atom is 1.00 e. The smallest absolute Gasteiger partial charge is 1.00 e. The van der Waals surface area contributed by atoms with E-state index >= 15 is 0 Å².